The number of hydrazone groups is 1. The van der Waals surface area contributed by atoms with Crippen LogP contribution < -0.4 is 22.1 Å². The molecule has 3 atom stereocenters. The minimum absolute atomic E-state index is 0.0534. The number of primary amides is 1. The molecule has 0 aliphatic carbocycles. The third-order valence-corrected chi connectivity index (χ3v) is 8.75. The first-order valence-electron chi connectivity index (χ1n) is 12.5. The first kappa shape index (κ1) is 28.9. The highest BCUT2D eigenvalue weighted by Crippen LogP contribution is 2.45. The average Bonchev–Trinajstić information content (AvgIpc) is 3.00. The molecule has 0 bridgehead atoms. The molecule has 0 aromatic heterocycles. The van der Waals surface area contributed by atoms with Crippen molar-refractivity contribution in [2.24, 2.45) is 16.6 Å². The molecule has 4 amide bonds. The van der Waals surface area contributed by atoms with E-state index in [2.05, 4.69) is 15.7 Å². The Hall–Kier alpha value is -4.60. The molecule has 42 heavy (non-hydrogen) atoms. The summed E-state index contributed by atoms with van der Waals surface area (Å²) < 4.78 is 6.08. The quantitative estimate of drug-likeness (QED) is 0.0950. The number of nitrogens with one attached hydrogen (secondary N) is 2. The number of esters is 1. The summed E-state index contributed by atoms with van der Waals surface area (Å²) >= 11 is 6.89. The molecule has 15 heteroatoms. The van der Waals surface area contributed by atoms with Crippen LogP contribution in [0, 0.1) is 0 Å². The van der Waals surface area contributed by atoms with E-state index < -0.39 is 52.7 Å². The highest BCUT2D eigenvalue weighted by molar-refractivity contribution is 8.00. The molecule has 0 spiro atoms. The third-order valence-electron chi connectivity index (χ3n) is 6.92. The molecule has 216 valence electrons. The SMILES string of the molecule is CN1N=C(C(N)=O)C(=O)NC1C(=S)C1=C(C(=O)OC(c2ccccc2)c2ccccc2)N2C(=O)[C@](N)(NC=O)[C@@H]2SC1. The van der Waals surface area contributed by atoms with Crippen molar-refractivity contribution in [1.82, 2.24) is 20.5 Å². The average molecular weight is 608 g/mol. The lowest BCUT2D eigenvalue weighted by Gasteiger charge is -2.55. The van der Waals surface area contributed by atoms with Crippen molar-refractivity contribution in [1.29, 1.82) is 0 Å². The van der Waals surface area contributed by atoms with Gasteiger partial charge in [0.1, 0.15) is 11.1 Å². The Morgan fingerprint density at radius 2 is 1.76 bits per heavy atom. The molecule has 2 aromatic rings. The number of nitrogens with two attached hydrogens (primary N) is 2. The summed E-state index contributed by atoms with van der Waals surface area (Å²) in [5.74, 6) is -3.41. The highest BCUT2D eigenvalue weighted by Gasteiger charge is 2.63. The van der Waals surface area contributed by atoms with Crippen molar-refractivity contribution >= 4 is 64.7 Å². The van der Waals surface area contributed by atoms with Crippen LogP contribution in [0.4, 0.5) is 0 Å². The molecular weight excluding hydrogens is 582 g/mol. The van der Waals surface area contributed by atoms with E-state index in [1.807, 2.05) is 36.4 Å². The second-order valence-electron chi connectivity index (χ2n) is 9.53. The number of carbonyl (C=O) groups excluding carboxylic acids is 5. The minimum Gasteiger partial charge on any atom is -0.448 e. The Labute approximate surface area is 249 Å². The van der Waals surface area contributed by atoms with Gasteiger partial charge in [-0.25, -0.2) is 4.79 Å². The van der Waals surface area contributed by atoms with E-state index in [1.165, 1.54) is 23.8 Å². The molecule has 13 nitrogen and oxygen atoms in total. The monoisotopic (exact) mass is 607 g/mol. The molecule has 2 aromatic carbocycles. The molecule has 1 unspecified atom stereocenters. The Morgan fingerprint density at radius 3 is 2.31 bits per heavy atom. The summed E-state index contributed by atoms with van der Waals surface area (Å²) in [5.41, 5.74) is 10.6. The van der Waals surface area contributed by atoms with Crippen LogP contribution in [0.5, 0.6) is 0 Å². The lowest BCUT2D eigenvalue weighted by molar-refractivity contribution is -0.160. The fourth-order valence-corrected chi connectivity index (χ4v) is 6.72. The number of rotatable bonds is 9. The number of thiocarbonyl (C=S) groups is 1. The van der Waals surface area contributed by atoms with Crippen LogP contribution in [0.2, 0.25) is 0 Å². The number of ether oxygens (including phenoxy) is 1. The van der Waals surface area contributed by atoms with Gasteiger partial charge in [0.2, 0.25) is 17.8 Å². The van der Waals surface area contributed by atoms with Crippen molar-refractivity contribution in [3.63, 3.8) is 0 Å². The van der Waals surface area contributed by atoms with Crippen LogP contribution in [-0.2, 0) is 28.7 Å². The lowest BCUT2D eigenvalue weighted by Crippen LogP contribution is -2.83. The maximum absolute atomic E-state index is 14.1. The van der Waals surface area contributed by atoms with Gasteiger partial charge in [0.05, 0.1) is 4.86 Å². The molecule has 3 aliphatic rings. The molecule has 3 aliphatic heterocycles. The van der Waals surface area contributed by atoms with Gasteiger partial charge in [-0.15, -0.1) is 11.8 Å². The van der Waals surface area contributed by atoms with E-state index in [0.717, 1.165) is 4.90 Å². The van der Waals surface area contributed by atoms with Crippen molar-refractivity contribution in [3.8, 4) is 0 Å². The van der Waals surface area contributed by atoms with Gasteiger partial charge in [0.15, 0.2) is 12.3 Å². The summed E-state index contributed by atoms with van der Waals surface area (Å²) in [6, 6.07) is 18.1. The molecule has 6 N–H and O–H groups in total. The maximum Gasteiger partial charge on any atom is 0.356 e. The largest absolute Gasteiger partial charge is 0.448 e. The Morgan fingerprint density at radius 1 is 1.17 bits per heavy atom. The van der Waals surface area contributed by atoms with Crippen molar-refractivity contribution in [2.75, 3.05) is 12.8 Å². The zero-order chi connectivity index (χ0) is 30.2. The van der Waals surface area contributed by atoms with E-state index in [1.54, 1.807) is 24.3 Å². The number of hydrogen-bond acceptors (Lipinski definition) is 11. The first-order valence-corrected chi connectivity index (χ1v) is 14.0. The van der Waals surface area contributed by atoms with Crippen LogP contribution in [0.15, 0.2) is 77.0 Å². The fraction of sp³-hybridized carbons (Fsp3) is 0.222. The number of carbonyl (C=O) groups is 5. The summed E-state index contributed by atoms with van der Waals surface area (Å²) in [6.07, 6.45) is -1.59. The number of nitrogens with zero attached hydrogens (tertiary/aromatic N) is 3. The van der Waals surface area contributed by atoms with Gasteiger partial charge in [0.25, 0.3) is 17.7 Å². The Bertz CT molecular complexity index is 1510. The van der Waals surface area contributed by atoms with Gasteiger partial charge >= 0.3 is 5.97 Å². The van der Waals surface area contributed by atoms with Crippen LogP contribution in [0.3, 0.4) is 0 Å². The standard InChI is InChI=1S/C27H25N7O6S2/c1-33-22(31-23(37)17(32-33)21(28)36)20(41)16-12-42-26-27(29,30-13-35)25(39)34(26)18(16)24(38)40-19(14-8-4-2-5-9-14)15-10-6-3-7-11-15/h2-11,13,19,22,26H,12,29H2,1H3,(H2,28,36)(H,30,35)(H,31,37)/t22?,26-,27-/m0/s1. The second kappa shape index (κ2) is 11.3. The van der Waals surface area contributed by atoms with E-state index in [9.17, 15) is 24.0 Å². The van der Waals surface area contributed by atoms with Crippen molar-refractivity contribution < 1.29 is 28.7 Å². The van der Waals surface area contributed by atoms with E-state index in [4.69, 9.17) is 28.4 Å². The Kier molecular flexibility index (Phi) is 7.81. The number of β-lactam (4-membered cyclic amide) rings is 1. The summed E-state index contributed by atoms with van der Waals surface area (Å²) in [6.45, 7) is 0. The number of fused-ring (bicyclic) bond motifs is 1. The van der Waals surface area contributed by atoms with Crippen molar-refractivity contribution in [2.45, 2.75) is 23.3 Å². The van der Waals surface area contributed by atoms with Gasteiger partial charge in [-0.3, -0.25) is 34.8 Å². The molecule has 3 heterocycles. The summed E-state index contributed by atoms with van der Waals surface area (Å²) in [7, 11) is 1.46. The smallest absolute Gasteiger partial charge is 0.356 e. The second-order valence-corrected chi connectivity index (χ2v) is 11.0. The molecule has 5 rings (SSSR count). The zero-order valence-corrected chi connectivity index (χ0v) is 23.7. The van der Waals surface area contributed by atoms with Gasteiger partial charge < -0.3 is 21.1 Å². The number of benzene rings is 2. The van der Waals surface area contributed by atoms with Gasteiger partial charge in [0, 0.05) is 18.4 Å². The normalized spacial score (nSPS) is 23.4. The van der Waals surface area contributed by atoms with Crippen LogP contribution >= 0.6 is 24.0 Å². The van der Waals surface area contributed by atoms with Gasteiger partial charge in [-0.05, 0) is 11.1 Å². The lowest BCUT2D eigenvalue weighted by atomic mass is 9.95. The maximum atomic E-state index is 14.1. The minimum atomic E-state index is -1.75. The number of hydrogen-bond donors (Lipinski definition) is 4. The molecule has 1 fully saturated rings. The predicted molar refractivity (Wildman–Crippen MR) is 156 cm³/mol. The highest BCUT2D eigenvalue weighted by atomic mass is 32.2. The van der Waals surface area contributed by atoms with E-state index in [0.29, 0.717) is 17.5 Å². The topological polar surface area (TPSA) is 190 Å². The van der Waals surface area contributed by atoms with Gasteiger partial charge in [-0.1, -0.05) is 72.9 Å². The zero-order valence-electron chi connectivity index (χ0n) is 22.1. The van der Waals surface area contributed by atoms with Crippen molar-refractivity contribution in [3.05, 3.63) is 83.1 Å². The van der Waals surface area contributed by atoms with Crippen LogP contribution in [-0.4, -0.2) is 80.6 Å². The Balaban J connectivity index is 1.57. The predicted octanol–water partition coefficient (Wildman–Crippen LogP) is -0.512. The molecule has 0 saturated carbocycles. The first-order chi connectivity index (χ1) is 20.1. The van der Waals surface area contributed by atoms with E-state index in [-0.39, 0.29) is 21.9 Å². The van der Waals surface area contributed by atoms with Gasteiger partial charge in [-0.2, -0.15) is 5.10 Å². The summed E-state index contributed by atoms with van der Waals surface area (Å²) in [5, 5.41) is 9.26. The fourth-order valence-electron chi connectivity index (χ4n) is 4.84. The number of amides is 4. The van der Waals surface area contributed by atoms with E-state index >= 15 is 0 Å². The van der Waals surface area contributed by atoms with Crippen LogP contribution in [0.1, 0.15) is 17.2 Å². The summed E-state index contributed by atoms with van der Waals surface area (Å²) in [4.78, 5) is 64.0. The third kappa shape index (κ3) is 4.91. The molecule has 1 saturated heterocycles. The van der Waals surface area contributed by atoms with Crippen LogP contribution in [0.25, 0.3) is 0 Å². The molecular formula is C27H25N7O6S2. The number of thioether (sulfide) groups is 1. The molecule has 0 radical (unpaired) electrons.